The Bertz CT molecular complexity index is 174. The minimum absolute atomic E-state index is 0.168. The topological polar surface area (TPSA) is 49.8 Å². The molecule has 2 unspecified atom stereocenters. The minimum atomic E-state index is -0.750. The molecule has 1 rings (SSSR count). The smallest absolute Gasteiger partial charge is 0.309 e. The predicted octanol–water partition coefficient (Wildman–Crippen LogP) is 1.27. The third kappa shape index (κ3) is 1.93. The monoisotopic (exact) mass is 158 g/mol. The molecule has 0 aliphatic carbocycles. The van der Waals surface area contributed by atoms with Crippen molar-refractivity contribution in [3.8, 4) is 0 Å². The summed E-state index contributed by atoms with van der Waals surface area (Å²) in [6, 6.07) is 0. The second-order valence-corrected chi connectivity index (χ2v) is 3.77. The maximum atomic E-state index is 10.6. The molecule has 0 aromatic rings. The molecule has 1 heterocycles. The van der Waals surface area contributed by atoms with Crippen LogP contribution in [0, 0.1) is 5.41 Å². The summed E-state index contributed by atoms with van der Waals surface area (Å²) < 4.78 is 5.14. The fourth-order valence-corrected chi connectivity index (χ4v) is 1.03. The summed E-state index contributed by atoms with van der Waals surface area (Å²) in [5.41, 5.74) is -0.643. The van der Waals surface area contributed by atoms with Gasteiger partial charge in [0.2, 0.25) is 0 Å². The second-order valence-electron chi connectivity index (χ2n) is 3.77. The van der Waals surface area contributed by atoms with Crippen LogP contribution >= 0.6 is 0 Å². The van der Waals surface area contributed by atoms with Crippen molar-refractivity contribution in [2.24, 2.45) is 5.41 Å². The van der Waals surface area contributed by atoms with E-state index >= 15 is 0 Å². The molecular weight excluding hydrogens is 144 g/mol. The average Bonchev–Trinajstić information content (AvgIpc) is 2.45. The van der Waals surface area contributed by atoms with Gasteiger partial charge in [0.1, 0.15) is 0 Å². The Balaban J connectivity index is 2.40. The summed E-state index contributed by atoms with van der Waals surface area (Å²) in [6.07, 6.45) is 1.04. The molecule has 2 atom stereocenters. The van der Waals surface area contributed by atoms with Gasteiger partial charge in [0.25, 0.3) is 0 Å². The summed E-state index contributed by atoms with van der Waals surface area (Å²) in [4.78, 5) is 10.6. The van der Waals surface area contributed by atoms with E-state index in [2.05, 4.69) is 0 Å². The molecule has 0 aromatic carbocycles. The number of ether oxygens (including phenoxy) is 1. The van der Waals surface area contributed by atoms with E-state index in [-0.39, 0.29) is 12.2 Å². The van der Waals surface area contributed by atoms with Crippen LogP contribution in [0.2, 0.25) is 0 Å². The molecular formula is C8H14O3. The third-order valence-electron chi connectivity index (χ3n) is 2.13. The molecule has 11 heavy (non-hydrogen) atoms. The number of hydrogen-bond donors (Lipinski definition) is 1. The van der Waals surface area contributed by atoms with Gasteiger partial charge in [-0.05, 0) is 27.2 Å². The van der Waals surface area contributed by atoms with Crippen molar-refractivity contribution >= 4 is 5.97 Å². The Morgan fingerprint density at radius 3 is 2.36 bits per heavy atom. The van der Waals surface area contributed by atoms with Gasteiger partial charge in [0, 0.05) is 0 Å². The van der Waals surface area contributed by atoms with E-state index in [1.165, 1.54) is 0 Å². The van der Waals surface area contributed by atoms with Crippen LogP contribution in [0.3, 0.4) is 0 Å². The lowest BCUT2D eigenvalue weighted by atomic mass is 9.87. The molecule has 1 aliphatic rings. The number of epoxide rings is 1. The molecule has 3 heteroatoms. The van der Waals surface area contributed by atoms with Crippen molar-refractivity contribution in [2.45, 2.75) is 39.4 Å². The van der Waals surface area contributed by atoms with Gasteiger partial charge in [-0.2, -0.15) is 0 Å². The van der Waals surface area contributed by atoms with E-state index in [1.54, 1.807) is 13.8 Å². The number of hydrogen-bond acceptors (Lipinski definition) is 2. The van der Waals surface area contributed by atoms with E-state index in [4.69, 9.17) is 9.84 Å². The van der Waals surface area contributed by atoms with Crippen LogP contribution in [0.15, 0.2) is 0 Å². The zero-order chi connectivity index (χ0) is 8.65. The molecule has 0 bridgehead atoms. The first-order chi connectivity index (χ1) is 4.93. The fourth-order valence-electron chi connectivity index (χ4n) is 1.03. The van der Waals surface area contributed by atoms with Crippen LogP contribution in [0.5, 0.6) is 0 Å². The maximum absolute atomic E-state index is 10.6. The first-order valence-electron chi connectivity index (χ1n) is 3.82. The van der Waals surface area contributed by atoms with Crippen molar-refractivity contribution in [1.29, 1.82) is 0 Å². The van der Waals surface area contributed by atoms with Gasteiger partial charge >= 0.3 is 5.97 Å². The van der Waals surface area contributed by atoms with Crippen LogP contribution in [0.25, 0.3) is 0 Å². The number of carboxylic acid groups (broad SMARTS) is 1. The average molecular weight is 158 g/mol. The summed E-state index contributed by atoms with van der Waals surface area (Å²) >= 11 is 0. The predicted molar refractivity (Wildman–Crippen MR) is 40.4 cm³/mol. The molecule has 1 fully saturated rings. The summed E-state index contributed by atoms with van der Waals surface area (Å²) in [5, 5.41) is 8.75. The molecule has 3 nitrogen and oxygen atoms in total. The lowest BCUT2D eigenvalue weighted by molar-refractivity contribution is -0.147. The summed E-state index contributed by atoms with van der Waals surface area (Å²) in [7, 11) is 0. The first kappa shape index (κ1) is 8.53. The minimum Gasteiger partial charge on any atom is -0.481 e. The molecule has 1 N–H and O–H groups in total. The lowest BCUT2D eigenvalue weighted by Gasteiger charge is -2.16. The highest BCUT2D eigenvalue weighted by Gasteiger charge is 2.41. The Hall–Kier alpha value is -0.570. The molecule has 1 saturated heterocycles. The number of carboxylic acids is 1. The standard InChI is InChI=1S/C8H14O3/c1-5-6(11-5)4-8(2,3)7(9)10/h5-6H,4H2,1-3H3,(H,9,10). The Labute approximate surface area is 66.4 Å². The Morgan fingerprint density at radius 1 is 1.64 bits per heavy atom. The SMILES string of the molecule is CC1OC1CC(C)(C)C(=O)O. The van der Waals surface area contributed by atoms with Crippen LogP contribution in [0.1, 0.15) is 27.2 Å². The van der Waals surface area contributed by atoms with Crippen molar-refractivity contribution < 1.29 is 14.6 Å². The molecule has 0 amide bonds. The van der Waals surface area contributed by atoms with Crippen LogP contribution in [-0.2, 0) is 9.53 Å². The number of carbonyl (C=O) groups is 1. The van der Waals surface area contributed by atoms with E-state index in [1.807, 2.05) is 6.92 Å². The van der Waals surface area contributed by atoms with Gasteiger partial charge in [-0.25, -0.2) is 0 Å². The zero-order valence-electron chi connectivity index (χ0n) is 7.13. The van der Waals surface area contributed by atoms with Crippen LogP contribution in [0.4, 0.5) is 0 Å². The normalized spacial score (nSPS) is 30.1. The molecule has 0 saturated carbocycles. The molecule has 1 aliphatic heterocycles. The van der Waals surface area contributed by atoms with Crippen molar-refractivity contribution in [2.75, 3.05) is 0 Å². The van der Waals surface area contributed by atoms with E-state index in [0.29, 0.717) is 6.42 Å². The lowest BCUT2D eigenvalue weighted by Crippen LogP contribution is -2.25. The highest BCUT2D eigenvalue weighted by molar-refractivity contribution is 5.73. The maximum Gasteiger partial charge on any atom is 0.309 e. The Morgan fingerprint density at radius 2 is 2.09 bits per heavy atom. The summed E-state index contributed by atoms with van der Waals surface area (Å²) in [5.74, 6) is -0.750. The highest BCUT2D eigenvalue weighted by atomic mass is 16.6. The van der Waals surface area contributed by atoms with Gasteiger partial charge in [-0.15, -0.1) is 0 Å². The number of rotatable bonds is 3. The van der Waals surface area contributed by atoms with E-state index in [9.17, 15) is 4.79 Å². The highest BCUT2D eigenvalue weighted by Crippen LogP contribution is 2.34. The van der Waals surface area contributed by atoms with Gasteiger partial charge in [-0.3, -0.25) is 4.79 Å². The second kappa shape index (κ2) is 2.48. The fraction of sp³-hybridized carbons (Fsp3) is 0.875. The molecule has 0 aromatic heterocycles. The van der Waals surface area contributed by atoms with Gasteiger partial charge in [-0.1, -0.05) is 0 Å². The quantitative estimate of drug-likeness (QED) is 0.629. The van der Waals surface area contributed by atoms with Gasteiger partial charge in [0.15, 0.2) is 0 Å². The van der Waals surface area contributed by atoms with E-state index < -0.39 is 11.4 Å². The van der Waals surface area contributed by atoms with Crippen LogP contribution < -0.4 is 0 Å². The molecule has 0 spiro atoms. The van der Waals surface area contributed by atoms with Crippen molar-refractivity contribution in [3.05, 3.63) is 0 Å². The van der Waals surface area contributed by atoms with Crippen molar-refractivity contribution in [1.82, 2.24) is 0 Å². The third-order valence-corrected chi connectivity index (χ3v) is 2.13. The summed E-state index contributed by atoms with van der Waals surface area (Å²) in [6.45, 7) is 5.41. The van der Waals surface area contributed by atoms with Crippen molar-refractivity contribution in [3.63, 3.8) is 0 Å². The van der Waals surface area contributed by atoms with Gasteiger partial charge in [0.05, 0.1) is 17.6 Å². The molecule has 0 radical (unpaired) electrons. The Kier molecular flexibility index (Phi) is 1.92. The van der Waals surface area contributed by atoms with Gasteiger partial charge < -0.3 is 9.84 Å². The largest absolute Gasteiger partial charge is 0.481 e. The van der Waals surface area contributed by atoms with Crippen LogP contribution in [-0.4, -0.2) is 23.3 Å². The molecule has 64 valence electrons. The van der Waals surface area contributed by atoms with E-state index in [0.717, 1.165) is 0 Å². The zero-order valence-corrected chi connectivity index (χ0v) is 7.13. The first-order valence-corrected chi connectivity index (χ1v) is 3.82. The number of aliphatic carboxylic acids is 1.